The maximum atomic E-state index is 10.9. The van der Waals surface area contributed by atoms with Crippen LogP contribution in [0.2, 0.25) is 0 Å². The van der Waals surface area contributed by atoms with Crippen LogP contribution in [0.15, 0.2) is 24.5 Å². The fourth-order valence-electron chi connectivity index (χ4n) is 0.613. The molecular formula is C6H5N4O+. The molecule has 0 radical (unpaired) electrons. The number of hydrogen-bond acceptors (Lipinski definition) is 3. The molecule has 0 aromatic carbocycles. The van der Waals surface area contributed by atoms with Crippen molar-refractivity contribution in [3.05, 3.63) is 35.2 Å². The van der Waals surface area contributed by atoms with Crippen LogP contribution in [0.5, 0.6) is 0 Å². The SMILES string of the molecule is N#[N+]NC(=O)c1ccncc1. The van der Waals surface area contributed by atoms with Crippen LogP contribution in [0.1, 0.15) is 10.4 Å². The molecular weight excluding hydrogens is 144 g/mol. The summed E-state index contributed by atoms with van der Waals surface area (Å²) in [4.78, 5) is 14.6. The lowest BCUT2D eigenvalue weighted by Crippen LogP contribution is -2.14. The molecule has 11 heavy (non-hydrogen) atoms. The monoisotopic (exact) mass is 149 g/mol. The first-order valence-corrected chi connectivity index (χ1v) is 2.89. The second kappa shape index (κ2) is 3.27. The van der Waals surface area contributed by atoms with Crippen LogP contribution in [0.25, 0.3) is 5.08 Å². The smallest absolute Gasteiger partial charge is 0.265 e. The topological polar surface area (TPSA) is 70.1 Å². The Bertz CT molecular complexity index is 289. The average molecular weight is 149 g/mol. The minimum Gasteiger partial charge on any atom is -0.265 e. The predicted molar refractivity (Wildman–Crippen MR) is 36.8 cm³/mol. The molecule has 0 fully saturated rings. The van der Waals surface area contributed by atoms with E-state index in [2.05, 4.69) is 10.1 Å². The van der Waals surface area contributed by atoms with E-state index < -0.39 is 5.91 Å². The number of diazo groups is 1. The maximum absolute atomic E-state index is 10.9. The Kier molecular flexibility index (Phi) is 2.13. The van der Waals surface area contributed by atoms with Crippen molar-refractivity contribution >= 4 is 5.91 Å². The Morgan fingerprint density at radius 3 is 2.73 bits per heavy atom. The minimum absolute atomic E-state index is 0.401. The molecule has 0 bridgehead atoms. The van der Waals surface area contributed by atoms with Gasteiger partial charge in [0, 0.05) is 23.4 Å². The molecule has 0 saturated heterocycles. The van der Waals surface area contributed by atoms with Crippen LogP contribution in [0.3, 0.4) is 0 Å². The van der Waals surface area contributed by atoms with E-state index in [0.29, 0.717) is 5.56 Å². The maximum Gasteiger partial charge on any atom is 0.325 e. The van der Waals surface area contributed by atoms with Crippen molar-refractivity contribution in [1.82, 2.24) is 10.4 Å². The summed E-state index contributed by atoms with van der Waals surface area (Å²) in [5.74, 6) is -0.463. The van der Waals surface area contributed by atoms with Crippen LogP contribution in [-0.2, 0) is 0 Å². The van der Waals surface area contributed by atoms with Crippen LogP contribution < -0.4 is 5.43 Å². The second-order valence-corrected chi connectivity index (χ2v) is 1.78. The first kappa shape index (κ1) is 7.15. The molecule has 1 aromatic rings. The lowest BCUT2D eigenvalue weighted by atomic mass is 10.3. The molecule has 0 atom stereocenters. The van der Waals surface area contributed by atoms with E-state index in [9.17, 15) is 4.79 Å². The summed E-state index contributed by atoms with van der Waals surface area (Å²) < 4.78 is 0. The Hall–Kier alpha value is -1.96. The molecule has 1 rings (SSSR count). The fourth-order valence-corrected chi connectivity index (χ4v) is 0.613. The molecule has 0 aliphatic rings. The van der Waals surface area contributed by atoms with E-state index in [1.165, 1.54) is 24.5 Å². The zero-order chi connectivity index (χ0) is 8.10. The highest BCUT2D eigenvalue weighted by molar-refractivity contribution is 5.94. The van der Waals surface area contributed by atoms with Gasteiger partial charge in [-0.25, -0.2) is 0 Å². The predicted octanol–water partition coefficient (Wildman–Crippen LogP) is 0.579. The number of rotatable bonds is 1. The second-order valence-electron chi connectivity index (χ2n) is 1.78. The molecule has 1 N–H and O–H groups in total. The number of nitrogens with zero attached hydrogens (tertiary/aromatic N) is 3. The molecule has 0 spiro atoms. The van der Waals surface area contributed by atoms with Gasteiger partial charge in [-0.2, -0.15) is 0 Å². The first-order valence-electron chi connectivity index (χ1n) is 2.89. The summed E-state index contributed by atoms with van der Waals surface area (Å²) >= 11 is 0. The Balaban J connectivity index is 2.79. The lowest BCUT2D eigenvalue weighted by molar-refractivity contribution is 0.0968. The Morgan fingerprint density at radius 1 is 1.55 bits per heavy atom. The highest BCUT2D eigenvalue weighted by Gasteiger charge is 2.08. The van der Waals surface area contributed by atoms with Gasteiger partial charge in [0.25, 0.3) is 5.39 Å². The van der Waals surface area contributed by atoms with Gasteiger partial charge in [-0.15, -0.1) is 0 Å². The van der Waals surface area contributed by atoms with Gasteiger partial charge in [0.1, 0.15) is 0 Å². The zero-order valence-electron chi connectivity index (χ0n) is 5.56. The molecule has 5 heteroatoms. The molecule has 0 aliphatic heterocycles. The summed E-state index contributed by atoms with van der Waals surface area (Å²) in [5.41, 5.74) is 2.28. The van der Waals surface area contributed by atoms with E-state index in [-0.39, 0.29) is 0 Å². The lowest BCUT2D eigenvalue weighted by Gasteiger charge is -1.88. The third kappa shape index (κ3) is 1.72. The molecule has 5 nitrogen and oxygen atoms in total. The first-order chi connectivity index (χ1) is 5.34. The van der Waals surface area contributed by atoms with Gasteiger partial charge in [-0.05, 0) is 12.1 Å². The van der Waals surface area contributed by atoms with Crippen LogP contribution in [0.4, 0.5) is 0 Å². The standard InChI is InChI=1S/C6H4N4O/c7-10-9-6(11)5-1-3-8-4-2-5/h1-4H/p+1. The molecule has 1 amide bonds. The Labute approximate surface area is 62.7 Å². The van der Waals surface area contributed by atoms with E-state index in [0.717, 1.165) is 0 Å². The van der Waals surface area contributed by atoms with Gasteiger partial charge >= 0.3 is 11.0 Å². The Morgan fingerprint density at radius 2 is 2.18 bits per heavy atom. The molecule has 0 unspecified atom stereocenters. The number of carbonyl (C=O) groups excluding carboxylic acids is 1. The third-order valence-electron chi connectivity index (χ3n) is 1.09. The van der Waals surface area contributed by atoms with Crippen molar-refractivity contribution < 1.29 is 4.79 Å². The number of aromatic nitrogens is 1. The summed E-state index contributed by atoms with van der Waals surface area (Å²) in [6.45, 7) is 0. The van der Waals surface area contributed by atoms with Crippen molar-refractivity contribution in [1.29, 1.82) is 5.39 Å². The fraction of sp³-hybridized carbons (Fsp3) is 0. The van der Waals surface area contributed by atoms with E-state index in [1.54, 1.807) is 0 Å². The van der Waals surface area contributed by atoms with E-state index in [1.807, 2.05) is 5.43 Å². The molecule has 0 saturated carbocycles. The number of carbonyl (C=O) groups is 1. The van der Waals surface area contributed by atoms with E-state index in [4.69, 9.17) is 5.39 Å². The zero-order valence-corrected chi connectivity index (χ0v) is 5.56. The molecule has 54 valence electrons. The highest BCUT2D eigenvalue weighted by atomic mass is 16.2. The van der Waals surface area contributed by atoms with Crippen LogP contribution in [0, 0.1) is 5.39 Å². The highest BCUT2D eigenvalue weighted by Crippen LogP contribution is 1.94. The average Bonchev–Trinajstić information content (AvgIpc) is 2.07. The summed E-state index contributed by atoms with van der Waals surface area (Å²) in [6.07, 6.45) is 2.96. The normalized spacial score (nSPS) is 8.27. The summed E-state index contributed by atoms with van der Waals surface area (Å²) in [5, 5.41) is 10.5. The quantitative estimate of drug-likeness (QED) is 0.469. The number of amides is 1. The van der Waals surface area contributed by atoms with Crippen molar-refractivity contribution in [2.45, 2.75) is 0 Å². The van der Waals surface area contributed by atoms with Gasteiger partial charge in [0.15, 0.2) is 0 Å². The summed E-state index contributed by atoms with van der Waals surface area (Å²) in [7, 11) is 0. The number of pyridine rings is 1. The van der Waals surface area contributed by atoms with E-state index >= 15 is 0 Å². The molecule has 0 aliphatic carbocycles. The summed E-state index contributed by atoms with van der Waals surface area (Å²) in [6, 6.07) is 3.03. The van der Waals surface area contributed by atoms with Gasteiger partial charge < -0.3 is 0 Å². The van der Waals surface area contributed by atoms with Crippen molar-refractivity contribution in [3.8, 4) is 0 Å². The van der Waals surface area contributed by atoms with Gasteiger partial charge in [-0.1, -0.05) is 0 Å². The van der Waals surface area contributed by atoms with Crippen LogP contribution in [-0.4, -0.2) is 10.9 Å². The molecule has 1 heterocycles. The van der Waals surface area contributed by atoms with Crippen molar-refractivity contribution in [2.75, 3.05) is 0 Å². The van der Waals surface area contributed by atoms with Crippen molar-refractivity contribution in [2.24, 2.45) is 0 Å². The van der Waals surface area contributed by atoms with Gasteiger partial charge in [0.2, 0.25) is 0 Å². The number of nitrogens with one attached hydrogen (secondary N) is 1. The largest absolute Gasteiger partial charge is 0.325 e. The van der Waals surface area contributed by atoms with Gasteiger partial charge in [-0.3, -0.25) is 9.78 Å². The van der Waals surface area contributed by atoms with Crippen molar-refractivity contribution in [3.63, 3.8) is 0 Å². The number of hydrogen-bond donors (Lipinski definition) is 1. The minimum atomic E-state index is -0.463. The third-order valence-corrected chi connectivity index (χ3v) is 1.09. The van der Waals surface area contributed by atoms with Crippen LogP contribution >= 0.6 is 0 Å². The molecule has 1 aromatic heterocycles. The van der Waals surface area contributed by atoms with Gasteiger partial charge in [0.05, 0.1) is 0 Å².